The second kappa shape index (κ2) is 6.08. The fourth-order valence-corrected chi connectivity index (χ4v) is 2.17. The van der Waals surface area contributed by atoms with Crippen LogP contribution in [0.1, 0.15) is 12.8 Å². The Hall–Kier alpha value is -1.53. The number of nitrogens with zero attached hydrogens (tertiary/aromatic N) is 2. The molecule has 100 valence electrons. The van der Waals surface area contributed by atoms with Crippen molar-refractivity contribution in [3.05, 3.63) is 35.2 Å². The van der Waals surface area contributed by atoms with E-state index in [1.165, 1.54) is 11.8 Å². The Morgan fingerprint density at radius 3 is 3.05 bits per heavy atom. The fraction of sp³-hybridized carbons (Fsp3) is 0.250. The third-order valence-electron chi connectivity index (χ3n) is 2.36. The number of carboxylic acid groups (broad SMARTS) is 1. The number of aromatic nitrogens is 2. The molecule has 7 heteroatoms. The summed E-state index contributed by atoms with van der Waals surface area (Å²) in [5.41, 5.74) is 0.763. The molecule has 1 aromatic carbocycles. The maximum Gasteiger partial charge on any atom is 0.316 e. The van der Waals surface area contributed by atoms with Gasteiger partial charge in [-0.3, -0.25) is 4.79 Å². The van der Waals surface area contributed by atoms with Gasteiger partial charge in [0.1, 0.15) is 0 Å². The van der Waals surface area contributed by atoms with E-state index in [4.69, 9.17) is 21.2 Å². The number of carboxylic acids is 1. The lowest BCUT2D eigenvalue weighted by molar-refractivity contribution is -0.136. The summed E-state index contributed by atoms with van der Waals surface area (Å²) in [6.45, 7) is 1.61. The van der Waals surface area contributed by atoms with Crippen LogP contribution in [-0.4, -0.2) is 26.5 Å². The number of hydrogen-bond donors (Lipinski definition) is 1. The van der Waals surface area contributed by atoms with E-state index in [-0.39, 0.29) is 0 Å². The van der Waals surface area contributed by atoms with Crippen molar-refractivity contribution < 1.29 is 14.4 Å². The molecule has 19 heavy (non-hydrogen) atoms. The van der Waals surface area contributed by atoms with E-state index in [0.29, 0.717) is 22.5 Å². The number of hydrogen-bond acceptors (Lipinski definition) is 5. The molecule has 0 radical (unpaired) electrons. The monoisotopic (exact) mass is 298 g/mol. The zero-order valence-electron chi connectivity index (χ0n) is 10.0. The SMILES string of the molecule is CC(SCc1nc(-c2cccc(Cl)c2)no1)C(=O)O. The molecule has 1 atom stereocenters. The number of rotatable bonds is 5. The number of halogens is 1. The topological polar surface area (TPSA) is 76.2 Å². The Balaban J connectivity index is 2.05. The minimum Gasteiger partial charge on any atom is -0.480 e. The molecule has 0 amide bonds. The van der Waals surface area contributed by atoms with Crippen molar-refractivity contribution in [1.82, 2.24) is 10.1 Å². The molecule has 0 fully saturated rings. The third kappa shape index (κ3) is 3.71. The number of carbonyl (C=O) groups is 1. The van der Waals surface area contributed by atoms with Crippen LogP contribution in [0.5, 0.6) is 0 Å². The van der Waals surface area contributed by atoms with Gasteiger partial charge in [0.25, 0.3) is 0 Å². The first-order valence-corrected chi connectivity index (χ1v) is 6.92. The van der Waals surface area contributed by atoms with Crippen LogP contribution in [0, 0.1) is 0 Å². The molecule has 2 aromatic rings. The van der Waals surface area contributed by atoms with Gasteiger partial charge >= 0.3 is 5.97 Å². The number of aliphatic carboxylic acids is 1. The van der Waals surface area contributed by atoms with E-state index in [1.54, 1.807) is 25.1 Å². The van der Waals surface area contributed by atoms with Crippen LogP contribution in [0.3, 0.4) is 0 Å². The van der Waals surface area contributed by atoms with E-state index >= 15 is 0 Å². The summed E-state index contributed by atoms with van der Waals surface area (Å²) in [5, 5.41) is 12.7. The summed E-state index contributed by atoms with van der Waals surface area (Å²) in [6, 6.07) is 7.13. The average Bonchev–Trinajstić information content (AvgIpc) is 2.84. The molecule has 0 aliphatic rings. The Morgan fingerprint density at radius 2 is 2.37 bits per heavy atom. The van der Waals surface area contributed by atoms with Gasteiger partial charge in [-0.1, -0.05) is 28.9 Å². The highest BCUT2D eigenvalue weighted by atomic mass is 35.5. The maximum atomic E-state index is 10.7. The molecule has 0 saturated carbocycles. The predicted octanol–water partition coefficient (Wildman–Crippen LogP) is 3.10. The summed E-state index contributed by atoms with van der Waals surface area (Å²) in [6.07, 6.45) is 0. The van der Waals surface area contributed by atoms with Crippen LogP contribution in [0.15, 0.2) is 28.8 Å². The van der Waals surface area contributed by atoms with Gasteiger partial charge in [-0.15, -0.1) is 11.8 Å². The highest BCUT2D eigenvalue weighted by Crippen LogP contribution is 2.22. The molecular formula is C12H11ClN2O3S. The average molecular weight is 299 g/mol. The van der Waals surface area contributed by atoms with E-state index in [9.17, 15) is 4.79 Å². The molecule has 0 saturated heterocycles. The molecule has 0 aliphatic heterocycles. The van der Waals surface area contributed by atoms with E-state index in [1.807, 2.05) is 6.07 Å². The van der Waals surface area contributed by atoms with Crippen molar-refractivity contribution >= 4 is 29.3 Å². The van der Waals surface area contributed by atoms with Crippen molar-refractivity contribution in [3.8, 4) is 11.4 Å². The number of benzene rings is 1. The minimum atomic E-state index is -0.862. The minimum absolute atomic E-state index is 0.362. The normalized spacial score (nSPS) is 12.3. The van der Waals surface area contributed by atoms with Gasteiger partial charge in [-0.25, -0.2) is 0 Å². The van der Waals surface area contributed by atoms with Crippen LogP contribution < -0.4 is 0 Å². The van der Waals surface area contributed by atoms with Gasteiger partial charge in [0.05, 0.1) is 11.0 Å². The van der Waals surface area contributed by atoms with Gasteiger partial charge in [0.2, 0.25) is 11.7 Å². The predicted molar refractivity (Wildman–Crippen MR) is 73.1 cm³/mol. The molecule has 1 unspecified atom stereocenters. The zero-order chi connectivity index (χ0) is 13.8. The molecule has 0 aliphatic carbocycles. The molecule has 0 spiro atoms. The first kappa shape index (κ1) is 13.9. The molecular weight excluding hydrogens is 288 g/mol. The number of thioether (sulfide) groups is 1. The quantitative estimate of drug-likeness (QED) is 0.914. The maximum absolute atomic E-state index is 10.7. The summed E-state index contributed by atoms with van der Waals surface area (Å²) in [4.78, 5) is 14.9. The second-order valence-electron chi connectivity index (χ2n) is 3.81. The Labute approximate surface area is 119 Å². The summed E-state index contributed by atoms with van der Waals surface area (Å²) < 4.78 is 5.07. The Bertz CT molecular complexity index is 588. The van der Waals surface area contributed by atoms with Gasteiger partial charge < -0.3 is 9.63 Å². The van der Waals surface area contributed by atoms with Crippen molar-refractivity contribution in [3.63, 3.8) is 0 Å². The molecule has 1 heterocycles. The Morgan fingerprint density at radius 1 is 1.58 bits per heavy atom. The molecule has 0 bridgehead atoms. The van der Waals surface area contributed by atoms with Crippen LogP contribution in [0.25, 0.3) is 11.4 Å². The zero-order valence-corrected chi connectivity index (χ0v) is 11.6. The highest BCUT2D eigenvalue weighted by Gasteiger charge is 2.14. The third-order valence-corrected chi connectivity index (χ3v) is 3.71. The van der Waals surface area contributed by atoms with Crippen LogP contribution in [0.4, 0.5) is 0 Å². The summed E-state index contributed by atoms with van der Waals surface area (Å²) in [5.74, 6) is 0.342. The van der Waals surface area contributed by atoms with Gasteiger partial charge in [-0.05, 0) is 19.1 Å². The summed E-state index contributed by atoms with van der Waals surface area (Å²) in [7, 11) is 0. The van der Waals surface area contributed by atoms with Crippen molar-refractivity contribution in [2.24, 2.45) is 0 Å². The molecule has 1 N–H and O–H groups in total. The van der Waals surface area contributed by atoms with Crippen LogP contribution in [0.2, 0.25) is 5.02 Å². The van der Waals surface area contributed by atoms with E-state index < -0.39 is 11.2 Å². The first-order valence-electron chi connectivity index (χ1n) is 5.49. The Kier molecular flexibility index (Phi) is 4.44. The van der Waals surface area contributed by atoms with Gasteiger partial charge in [-0.2, -0.15) is 4.98 Å². The standard InChI is InChI=1S/C12H11ClN2O3S/c1-7(12(16)17)19-6-10-14-11(15-18-10)8-3-2-4-9(13)5-8/h2-5,7H,6H2,1H3,(H,16,17). The van der Waals surface area contributed by atoms with Crippen molar-refractivity contribution in [2.75, 3.05) is 0 Å². The van der Waals surface area contributed by atoms with E-state index in [2.05, 4.69) is 10.1 Å². The lowest BCUT2D eigenvalue weighted by atomic mass is 10.2. The van der Waals surface area contributed by atoms with Gasteiger partial charge in [0.15, 0.2) is 0 Å². The lowest BCUT2D eigenvalue weighted by Crippen LogP contribution is -2.11. The lowest BCUT2D eigenvalue weighted by Gasteiger charge is -2.01. The first-order chi connectivity index (χ1) is 9.06. The van der Waals surface area contributed by atoms with Crippen LogP contribution in [-0.2, 0) is 10.5 Å². The van der Waals surface area contributed by atoms with Gasteiger partial charge in [0, 0.05) is 10.6 Å². The largest absolute Gasteiger partial charge is 0.480 e. The molecule has 1 aromatic heterocycles. The molecule has 2 rings (SSSR count). The smallest absolute Gasteiger partial charge is 0.316 e. The highest BCUT2D eigenvalue weighted by molar-refractivity contribution is 7.99. The summed E-state index contributed by atoms with van der Waals surface area (Å²) >= 11 is 7.11. The molecule has 5 nitrogen and oxygen atoms in total. The van der Waals surface area contributed by atoms with Crippen molar-refractivity contribution in [2.45, 2.75) is 17.9 Å². The van der Waals surface area contributed by atoms with Crippen LogP contribution >= 0.6 is 23.4 Å². The van der Waals surface area contributed by atoms with E-state index in [0.717, 1.165) is 5.56 Å². The second-order valence-corrected chi connectivity index (χ2v) is 5.58. The fourth-order valence-electron chi connectivity index (χ4n) is 1.33. The van der Waals surface area contributed by atoms with Crippen molar-refractivity contribution in [1.29, 1.82) is 0 Å².